The number of carbonyl (C=O) groups is 3. The average Bonchev–Trinajstić information content (AvgIpc) is 3.63. The molecule has 0 aliphatic carbocycles. The van der Waals surface area contributed by atoms with Crippen molar-refractivity contribution in [3.05, 3.63) is 150 Å². The van der Waals surface area contributed by atoms with Gasteiger partial charge in [-0.15, -0.1) is 0 Å². The summed E-state index contributed by atoms with van der Waals surface area (Å²) in [5, 5.41) is 18.7. The van der Waals surface area contributed by atoms with E-state index in [-0.39, 0.29) is 36.5 Å². The van der Waals surface area contributed by atoms with Gasteiger partial charge in [-0.05, 0) is 77.8 Å². The molecule has 322 valence electrons. The molecule has 1 spiro atoms. The van der Waals surface area contributed by atoms with E-state index in [4.69, 9.17) is 15.2 Å². The van der Waals surface area contributed by atoms with Gasteiger partial charge in [0.25, 0.3) is 0 Å². The molecule has 3 heterocycles. The van der Waals surface area contributed by atoms with Gasteiger partial charge >= 0.3 is 0 Å². The van der Waals surface area contributed by atoms with E-state index >= 15 is 0 Å². The molecule has 3 amide bonds. The zero-order chi connectivity index (χ0) is 42.9. The van der Waals surface area contributed by atoms with Crippen LogP contribution in [0.3, 0.4) is 0 Å². The summed E-state index contributed by atoms with van der Waals surface area (Å²) in [6.45, 7) is 3.14. The number of hydrogen-bond donors (Lipinski definition) is 5. The first-order valence-corrected chi connectivity index (χ1v) is 21.7. The highest BCUT2D eigenvalue weighted by Crippen LogP contribution is 2.41. The van der Waals surface area contributed by atoms with Gasteiger partial charge in [0.1, 0.15) is 5.54 Å². The van der Waals surface area contributed by atoms with Crippen molar-refractivity contribution in [2.24, 2.45) is 0 Å². The molecule has 0 radical (unpaired) electrons. The fourth-order valence-corrected chi connectivity index (χ4v) is 8.91. The number of nitrogens with zero attached hydrogens (tertiary/aromatic N) is 2. The monoisotopic (exact) mass is 836 g/mol. The first kappa shape index (κ1) is 42.6. The van der Waals surface area contributed by atoms with Gasteiger partial charge in [-0.25, -0.2) is 0 Å². The van der Waals surface area contributed by atoms with Crippen molar-refractivity contribution in [3.63, 3.8) is 0 Å². The van der Waals surface area contributed by atoms with Gasteiger partial charge in [-0.2, -0.15) is 0 Å². The number of para-hydroxylation sites is 3. The number of aliphatic hydroxyl groups is 1. The lowest BCUT2D eigenvalue weighted by Gasteiger charge is -2.45. The minimum Gasteiger partial charge on any atom is -0.397 e. The quantitative estimate of drug-likeness (QED) is 0.0543. The summed E-state index contributed by atoms with van der Waals surface area (Å²) in [5.41, 5.74) is 13.4. The van der Waals surface area contributed by atoms with Gasteiger partial charge in [-0.1, -0.05) is 103 Å². The molecule has 0 aromatic heterocycles. The van der Waals surface area contributed by atoms with Crippen LogP contribution >= 0.6 is 0 Å². The van der Waals surface area contributed by atoms with E-state index in [1.165, 1.54) is 0 Å². The first-order chi connectivity index (χ1) is 30.3. The van der Waals surface area contributed by atoms with Gasteiger partial charge in [0, 0.05) is 56.7 Å². The van der Waals surface area contributed by atoms with Crippen LogP contribution in [0.15, 0.2) is 127 Å². The van der Waals surface area contributed by atoms with Gasteiger partial charge in [0.15, 0.2) is 6.29 Å². The fraction of sp³-hybridized carbons (Fsp3) is 0.340. The van der Waals surface area contributed by atoms with Crippen molar-refractivity contribution < 1.29 is 29.0 Å². The molecule has 3 atom stereocenters. The average molecular weight is 837 g/mol. The molecule has 3 aliphatic rings. The Kier molecular flexibility index (Phi) is 13.6. The number of nitrogens with one attached hydrogen (secondary N) is 3. The van der Waals surface area contributed by atoms with Crippen LogP contribution in [0.2, 0.25) is 0 Å². The van der Waals surface area contributed by atoms with Crippen molar-refractivity contribution in [2.45, 2.75) is 82.1 Å². The smallest absolute Gasteiger partial charge is 0.247 e. The lowest BCUT2D eigenvalue weighted by Crippen LogP contribution is -2.57. The summed E-state index contributed by atoms with van der Waals surface area (Å²) < 4.78 is 13.4. The van der Waals surface area contributed by atoms with Crippen LogP contribution in [0.4, 0.5) is 17.1 Å². The molecule has 5 aromatic carbocycles. The van der Waals surface area contributed by atoms with E-state index in [9.17, 15) is 19.5 Å². The number of nitrogen functional groups attached to an aromatic ring is 1. The highest BCUT2D eigenvalue weighted by molar-refractivity contribution is 5.94. The Hall–Kier alpha value is -6.05. The van der Waals surface area contributed by atoms with Crippen molar-refractivity contribution in [2.75, 3.05) is 42.3 Å². The molecular weight excluding hydrogens is 781 g/mol. The van der Waals surface area contributed by atoms with E-state index < -0.39 is 11.8 Å². The maximum Gasteiger partial charge on any atom is 0.247 e. The third kappa shape index (κ3) is 10.0. The van der Waals surface area contributed by atoms with Crippen LogP contribution in [0.25, 0.3) is 11.1 Å². The zero-order valence-corrected chi connectivity index (χ0v) is 35.0. The predicted molar refractivity (Wildman–Crippen MR) is 240 cm³/mol. The zero-order valence-electron chi connectivity index (χ0n) is 35.0. The Morgan fingerprint density at radius 1 is 0.790 bits per heavy atom. The van der Waals surface area contributed by atoms with Crippen LogP contribution in [0.5, 0.6) is 0 Å². The third-order valence-electron chi connectivity index (χ3n) is 12.4. The number of ether oxygens (including phenoxy) is 2. The lowest BCUT2D eigenvalue weighted by molar-refractivity contribution is -0.253. The van der Waals surface area contributed by atoms with Crippen LogP contribution in [0.1, 0.15) is 79.6 Å². The molecule has 6 N–H and O–H groups in total. The van der Waals surface area contributed by atoms with Crippen LogP contribution in [0, 0.1) is 0 Å². The predicted octanol–water partition coefficient (Wildman–Crippen LogP) is 7.22. The summed E-state index contributed by atoms with van der Waals surface area (Å²) in [6, 6.07) is 41.5. The Bertz CT molecular complexity index is 2300. The fourth-order valence-electron chi connectivity index (χ4n) is 8.91. The summed E-state index contributed by atoms with van der Waals surface area (Å²) in [4.78, 5) is 43.2. The minimum atomic E-state index is -0.604. The second-order valence-electron chi connectivity index (χ2n) is 16.5. The van der Waals surface area contributed by atoms with Gasteiger partial charge < -0.3 is 46.1 Å². The number of benzene rings is 5. The molecule has 0 bridgehead atoms. The topological polar surface area (TPSA) is 158 Å². The number of unbranched alkanes of at least 4 members (excludes halogenated alkanes) is 1. The number of aliphatic hydroxyl groups excluding tert-OH is 1. The van der Waals surface area contributed by atoms with Crippen molar-refractivity contribution in [1.82, 2.24) is 15.5 Å². The van der Waals surface area contributed by atoms with E-state index in [2.05, 4.69) is 56.1 Å². The second-order valence-corrected chi connectivity index (χ2v) is 16.5. The molecular formula is C50H56N6O6. The molecule has 3 fully saturated rings. The van der Waals surface area contributed by atoms with Crippen LogP contribution in [-0.4, -0.2) is 65.7 Å². The number of rotatable bonds is 15. The first-order valence-electron chi connectivity index (χ1n) is 21.7. The van der Waals surface area contributed by atoms with Gasteiger partial charge in [0.05, 0.1) is 36.9 Å². The summed E-state index contributed by atoms with van der Waals surface area (Å²) >= 11 is 0. The standard InChI is InChI=1S/C50H56N6O6/c51-43-14-6-7-15-44(43)54-47(59)17-9-8-16-46(58)52-31-39-10-4-5-13-42(39)36-22-24-38(25-23-36)48-61-41(30-45(62-48)37-20-18-35(33-57)19-21-37)32-55-28-26-50(27-29-55)49(60)53-34-56(50)40-11-2-1-3-12-40/h1-7,10-15,18-25,41,45,48,57H,8-9,16-17,26-34,51H2,(H,52,58)(H,53,60)(H,54,59). The maximum absolute atomic E-state index is 13.3. The number of anilines is 3. The molecule has 0 saturated carbocycles. The molecule has 62 heavy (non-hydrogen) atoms. The Labute approximate surface area is 363 Å². The Morgan fingerprint density at radius 2 is 1.47 bits per heavy atom. The molecule has 3 aliphatic heterocycles. The highest BCUT2D eigenvalue weighted by atomic mass is 16.7. The third-order valence-corrected chi connectivity index (χ3v) is 12.4. The summed E-state index contributed by atoms with van der Waals surface area (Å²) in [6.07, 6.45) is 3.01. The lowest BCUT2D eigenvalue weighted by atomic mass is 9.85. The van der Waals surface area contributed by atoms with Gasteiger partial charge in [0.2, 0.25) is 17.7 Å². The molecule has 5 aromatic rings. The maximum atomic E-state index is 13.3. The van der Waals surface area contributed by atoms with Gasteiger partial charge in [-0.3, -0.25) is 14.4 Å². The van der Waals surface area contributed by atoms with E-state index in [0.717, 1.165) is 65.0 Å². The van der Waals surface area contributed by atoms with Crippen LogP contribution in [-0.2, 0) is 37.0 Å². The number of carbonyl (C=O) groups excluding carboxylic acids is 3. The number of piperidine rings is 1. The summed E-state index contributed by atoms with van der Waals surface area (Å²) in [7, 11) is 0. The van der Waals surface area contributed by atoms with E-state index in [1.54, 1.807) is 12.1 Å². The van der Waals surface area contributed by atoms with Crippen molar-refractivity contribution in [1.29, 1.82) is 0 Å². The SMILES string of the molecule is Nc1ccccc1NC(=O)CCCCC(=O)NCc1ccccc1-c1ccc(C2OC(CN3CCC4(CC3)C(=O)NCN4c3ccccc3)CC(c3ccc(CO)cc3)O2)cc1. The normalized spacial score (nSPS) is 19.9. The van der Waals surface area contributed by atoms with Crippen molar-refractivity contribution in [3.8, 4) is 11.1 Å². The summed E-state index contributed by atoms with van der Waals surface area (Å²) in [5.74, 6) is -0.0834. The Morgan fingerprint density at radius 3 is 2.21 bits per heavy atom. The Balaban J connectivity index is 0.886. The molecule has 12 nitrogen and oxygen atoms in total. The minimum absolute atomic E-state index is 0.0216. The molecule has 3 saturated heterocycles. The molecule has 8 rings (SSSR count). The van der Waals surface area contributed by atoms with E-state index in [0.29, 0.717) is 63.2 Å². The largest absolute Gasteiger partial charge is 0.397 e. The second kappa shape index (κ2) is 19.8. The van der Waals surface area contributed by atoms with Crippen LogP contribution < -0.4 is 26.6 Å². The number of nitrogens with two attached hydrogens (primary N) is 1. The molecule has 12 heteroatoms. The number of hydrogen-bond acceptors (Lipinski definition) is 9. The number of likely N-dealkylation sites (tertiary alicyclic amines) is 1. The number of amides is 3. The van der Waals surface area contributed by atoms with Crippen molar-refractivity contribution >= 4 is 34.8 Å². The van der Waals surface area contributed by atoms with E-state index in [1.807, 2.05) is 84.9 Å². The molecule has 3 unspecified atom stereocenters. The highest BCUT2D eigenvalue weighted by Gasteiger charge is 2.50.